The molecule has 3 aliphatic rings. The van der Waals surface area contributed by atoms with E-state index in [0.717, 1.165) is 25.2 Å². The summed E-state index contributed by atoms with van der Waals surface area (Å²) in [4.78, 5) is 0. The minimum absolute atomic E-state index is 0.0606. The molecule has 1 aromatic carbocycles. The number of aryl methyl sites for hydroxylation is 2. The normalized spacial score (nSPS) is 42.1. The monoisotopic (exact) mass is 271 g/mol. The van der Waals surface area contributed by atoms with Crippen molar-refractivity contribution in [2.45, 2.75) is 51.0 Å². The molecule has 2 bridgehead atoms. The Bertz CT molecular complexity index is 554. The average molecular weight is 271 g/mol. The molecule has 0 amide bonds. The molecule has 4 atom stereocenters. The molecule has 2 fully saturated rings. The zero-order valence-corrected chi connectivity index (χ0v) is 12.4. The molecule has 2 heteroatoms. The summed E-state index contributed by atoms with van der Waals surface area (Å²) in [5.41, 5.74) is 9.30. The molecule has 0 aliphatic heterocycles. The van der Waals surface area contributed by atoms with Crippen LogP contribution in [0.25, 0.3) is 0 Å². The van der Waals surface area contributed by atoms with E-state index < -0.39 is 5.60 Å². The van der Waals surface area contributed by atoms with Gasteiger partial charge in [0, 0.05) is 12.0 Å². The number of fused-ring (bicyclic) bond motifs is 3. The van der Waals surface area contributed by atoms with E-state index in [1.54, 1.807) is 0 Å². The second-order valence-corrected chi connectivity index (χ2v) is 7.46. The quantitative estimate of drug-likeness (QED) is 0.869. The van der Waals surface area contributed by atoms with E-state index in [4.69, 9.17) is 5.73 Å². The number of nitrogens with two attached hydrogens (primary N) is 1. The third-order valence-electron chi connectivity index (χ3n) is 6.63. The maximum Gasteiger partial charge on any atom is 0.0973 e. The summed E-state index contributed by atoms with van der Waals surface area (Å²) in [6.45, 7) is 2.76. The number of hydrogen-bond donors (Lipinski definition) is 2. The molecule has 0 spiro atoms. The predicted molar refractivity (Wildman–Crippen MR) is 80.3 cm³/mol. The van der Waals surface area contributed by atoms with Gasteiger partial charge in [0.25, 0.3) is 0 Å². The van der Waals surface area contributed by atoms with Crippen molar-refractivity contribution in [1.82, 2.24) is 0 Å². The minimum Gasteiger partial charge on any atom is -0.384 e. The van der Waals surface area contributed by atoms with Crippen LogP contribution in [0.3, 0.4) is 0 Å². The van der Waals surface area contributed by atoms with Gasteiger partial charge in [0.15, 0.2) is 0 Å². The molecule has 2 saturated carbocycles. The SMILES string of the molecule is Cc1ccc2c(c1)C(O)(C1(CN)CC3CCC1C3)CC2. The smallest absolute Gasteiger partial charge is 0.0973 e. The number of benzene rings is 1. The Morgan fingerprint density at radius 2 is 2.20 bits per heavy atom. The topological polar surface area (TPSA) is 46.2 Å². The Balaban J connectivity index is 1.84. The van der Waals surface area contributed by atoms with E-state index in [1.807, 2.05) is 0 Å². The molecule has 4 rings (SSSR count). The highest BCUT2D eigenvalue weighted by Crippen LogP contribution is 2.65. The van der Waals surface area contributed by atoms with Crippen molar-refractivity contribution < 1.29 is 5.11 Å². The fourth-order valence-corrected chi connectivity index (χ4v) is 5.63. The molecular weight excluding hydrogens is 246 g/mol. The Labute approximate surface area is 121 Å². The van der Waals surface area contributed by atoms with Crippen molar-refractivity contribution in [1.29, 1.82) is 0 Å². The van der Waals surface area contributed by atoms with Gasteiger partial charge >= 0.3 is 0 Å². The van der Waals surface area contributed by atoms with Gasteiger partial charge < -0.3 is 10.8 Å². The van der Waals surface area contributed by atoms with E-state index in [-0.39, 0.29) is 5.41 Å². The molecular formula is C18H25NO. The van der Waals surface area contributed by atoms with Gasteiger partial charge in [-0.3, -0.25) is 0 Å². The summed E-state index contributed by atoms with van der Waals surface area (Å²) >= 11 is 0. The van der Waals surface area contributed by atoms with Gasteiger partial charge in [-0.25, -0.2) is 0 Å². The average Bonchev–Trinajstić information content (AvgIpc) is 3.13. The van der Waals surface area contributed by atoms with Gasteiger partial charge in [-0.1, -0.05) is 30.2 Å². The van der Waals surface area contributed by atoms with Gasteiger partial charge in [-0.15, -0.1) is 0 Å². The molecule has 0 radical (unpaired) electrons. The lowest BCUT2D eigenvalue weighted by atomic mass is 9.60. The molecule has 20 heavy (non-hydrogen) atoms. The lowest BCUT2D eigenvalue weighted by molar-refractivity contribution is -0.115. The Hall–Kier alpha value is -0.860. The molecule has 3 aliphatic carbocycles. The van der Waals surface area contributed by atoms with Crippen LogP contribution in [0.5, 0.6) is 0 Å². The summed E-state index contributed by atoms with van der Waals surface area (Å²) in [7, 11) is 0. The van der Waals surface area contributed by atoms with Crippen LogP contribution in [-0.2, 0) is 12.0 Å². The standard InChI is InChI=1S/C18H25NO/c1-12-2-4-14-6-7-18(20,16(14)8-12)17(11-19)10-13-3-5-15(17)9-13/h2,4,8,13,15,20H,3,5-7,9-11,19H2,1H3. The maximum absolute atomic E-state index is 11.7. The molecule has 0 aromatic heterocycles. The van der Waals surface area contributed by atoms with Crippen molar-refractivity contribution in [3.8, 4) is 0 Å². The van der Waals surface area contributed by atoms with Crippen LogP contribution in [0, 0.1) is 24.2 Å². The first-order valence-electron chi connectivity index (χ1n) is 8.11. The second-order valence-electron chi connectivity index (χ2n) is 7.46. The highest BCUT2D eigenvalue weighted by molar-refractivity contribution is 5.42. The Morgan fingerprint density at radius 3 is 2.85 bits per heavy atom. The molecule has 2 nitrogen and oxygen atoms in total. The van der Waals surface area contributed by atoms with Crippen LogP contribution in [0.1, 0.15) is 48.8 Å². The number of rotatable bonds is 2. The van der Waals surface area contributed by atoms with E-state index in [2.05, 4.69) is 25.1 Å². The summed E-state index contributed by atoms with van der Waals surface area (Å²) in [5.74, 6) is 1.44. The van der Waals surface area contributed by atoms with Gasteiger partial charge in [0.05, 0.1) is 5.60 Å². The summed E-state index contributed by atoms with van der Waals surface area (Å²) in [6.07, 6.45) is 6.92. The zero-order chi connectivity index (χ0) is 14.0. The van der Waals surface area contributed by atoms with Crippen molar-refractivity contribution in [3.05, 3.63) is 34.9 Å². The Morgan fingerprint density at radius 1 is 1.35 bits per heavy atom. The molecule has 1 aromatic rings. The molecule has 0 saturated heterocycles. The van der Waals surface area contributed by atoms with Crippen molar-refractivity contribution in [2.24, 2.45) is 23.0 Å². The largest absolute Gasteiger partial charge is 0.384 e. The molecule has 3 N–H and O–H groups in total. The van der Waals surface area contributed by atoms with Crippen LogP contribution < -0.4 is 5.73 Å². The van der Waals surface area contributed by atoms with Crippen molar-refractivity contribution >= 4 is 0 Å². The Kier molecular flexibility index (Phi) is 2.62. The lowest BCUT2D eigenvalue weighted by Gasteiger charge is -2.48. The molecule has 0 heterocycles. The molecule has 108 valence electrons. The summed E-state index contributed by atoms with van der Waals surface area (Å²) in [6, 6.07) is 6.59. The van der Waals surface area contributed by atoms with Gasteiger partial charge in [0.2, 0.25) is 0 Å². The highest BCUT2D eigenvalue weighted by atomic mass is 16.3. The first-order chi connectivity index (χ1) is 9.59. The molecule has 4 unspecified atom stereocenters. The van der Waals surface area contributed by atoms with E-state index in [1.165, 1.54) is 36.0 Å². The predicted octanol–water partition coefficient (Wildman–Crippen LogP) is 2.89. The van der Waals surface area contributed by atoms with Crippen molar-refractivity contribution in [2.75, 3.05) is 6.54 Å². The lowest BCUT2D eigenvalue weighted by Crippen LogP contribution is -2.52. The first kappa shape index (κ1) is 12.8. The minimum atomic E-state index is -0.678. The highest BCUT2D eigenvalue weighted by Gasteiger charge is 2.62. The van der Waals surface area contributed by atoms with Gasteiger partial charge in [-0.2, -0.15) is 0 Å². The van der Waals surface area contributed by atoms with Gasteiger partial charge in [-0.05, 0) is 62.0 Å². The third-order valence-corrected chi connectivity index (χ3v) is 6.63. The van der Waals surface area contributed by atoms with Crippen molar-refractivity contribution in [3.63, 3.8) is 0 Å². The van der Waals surface area contributed by atoms with E-state index >= 15 is 0 Å². The summed E-state index contributed by atoms with van der Waals surface area (Å²) < 4.78 is 0. The van der Waals surface area contributed by atoms with E-state index in [0.29, 0.717) is 12.5 Å². The van der Waals surface area contributed by atoms with Crippen LogP contribution >= 0.6 is 0 Å². The van der Waals surface area contributed by atoms with Crippen LogP contribution in [0.4, 0.5) is 0 Å². The first-order valence-corrected chi connectivity index (χ1v) is 8.11. The number of hydrogen-bond acceptors (Lipinski definition) is 2. The van der Waals surface area contributed by atoms with Crippen LogP contribution in [-0.4, -0.2) is 11.7 Å². The zero-order valence-electron chi connectivity index (χ0n) is 12.4. The van der Waals surface area contributed by atoms with Crippen LogP contribution in [0.15, 0.2) is 18.2 Å². The number of aliphatic hydroxyl groups is 1. The van der Waals surface area contributed by atoms with Gasteiger partial charge in [0.1, 0.15) is 0 Å². The third kappa shape index (κ3) is 1.42. The second kappa shape index (κ2) is 4.08. The fourth-order valence-electron chi connectivity index (χ4n) is 5.63. The fraction of sp³-hybridized carbons (Fsp3) is 0.667. The van der Waals surface area contributed by atoms with Crippen LogP contribution in [0.2, 0.25) is 0 Å². The summed E-state index contributed by atoms with van der Waals surface area (Å²) in [5, 5.41) is 11.7. The maximum atomic E-state index is 11.7. The van der Waals surface area contributed by atoms with E-state index in [9.17, 15) is 5.11 Å².